The molecule has 1 aromatic carbocycles. The van der Waals surface area contributed by atoms with Crippen LogP contribution in [0.1, 0.15) is 56.2 Å². The Kier molecular flexibility index (Phi) is 4.88. The van der Waals surface area contributed by atoms with Gasteiger partial charge < -0.3 is 15.2 Å². The second kappa shape index (κ2) is 6.48. The number of amides is 1. The number of aryl methyl sites for hydroxylation is 1. The van der Waals surface area contributed by atoms with Gasteiger partial charge in [-0.1, -0.05) is 30.5 Å². The molecule has 0 spiro atoms. The number of aliphatic hydroxyl groups is 1. The van der Waals surface area contributed by atoms with Crippen molar-refractivity contribution in [1.82, 2.24) is 5.32 Å². The van der Waals surface area contributed by atoms with Gasteiger partial charge in [-0.2, -0.15) is 0 Å². The number of rotatable bonds is 5. The Bertz CT molecular complexity index is 507. The van der Waals surface area contributed by atoms with Gasteiger partial charge in [-0.05, 0) is 32.8 Å². The Balaban J connectivity index is 2.02. The predicted octanol–water partition coefficient (Wildman–Crippen LogP) is 2.88. The summed E-state index contributed by atoms with van der Waals surface area (Å²) in [5.74, 6) is 0.670. The third kappa shape index (κ3) is 3.97. The molecule has 4 nitrogen and oxygen atoms in total. The first-order valence-corrected chi connectivity index (χ1v) is 7.60. The summed E-state index contributed by atoms with van der Waals surface area (Å²) in [5.41, 5.74) is 1.28. The minimum atomic E-state index is -0.805. The van der Waals surface area contributed by atoms with E-state index < -0.39 is 5.60 Å². The lowest BCUT2D eigenvalue weighted by atomic mass is 9.97. The summed E-state index contributed by atoms with van der Waals surface area (Å²) in [5, 5.41) is 13.3. The minimum absolute atomic E-state index is 0.101. The molecule has 0 heterocycles. The van der Waals surface area contributed by atoms with E-state index >= 15 is 0 Å². The maximum atomic E-state index is 12.2. The van der Waals surface area contributed by atoms with E-state index in [0.717, 1.165) is 42.6 Å². The molecule has 0 aromatic heterocycles. The third-order valence-electron chi connectivity index (χ3n) is 4.25. The highest BCUT2D eigenvalue weighted by Gasteiger charge is 2.33. The quantitative estimate of drug-likeness (QED) is 0.877. The Morgan fingerprint density at radius 3 is 2.71 bits per heavy atom. The van der Waals surface area contributed by atoms with E-state index in [0.29, 0.717) is 0 Å². The van der Waals surface area contributed by atoms with E-state index in [2.05, 4.69) is 5.32 Å². The fourth-order valence-corrected chi connectivity index (χ4v) is 3.07. The number of methoxy groups -OCH3 is 1. The van der Waals surface area contributed by atoms with Crippen molar-refractivity contribution in [2.75, 3.05) is 7.11 Å². The van der Waals surface area contributed by atoms with Crippen molar-refractivity contribution in [2.45, 2.75) is 57.6 Å². The Hall–Kier alpha value is -1.55. The van der Waals surface area contributed by atoms with E-state index in [-0.39, 0.29) is 18.4 Å². The van der Waals surface area contributed by atoms with E-state index in [1.165, 1.54) is 0 Å². The molecule has 1 saturated carbocycles. The molecule has 0 saturated heterocycles. The standard InChI is InChI=1S/C17H25NO3/c1-12-6-7-15(21-3)14(10-12)13(2)18-16(19)11-17(20)8-4-5-9-17/h6-7,10,13,20H,4-5,8-9,11H2,1-3H3,(H,18,19). The van der Waals surface area contributed by atoms with Gasteiger partial charge in [-0.15, -0.1) is 0 Å². The summed E-state index contributed by atoms with van der Waals surface area (Å²) >= 11 is 0. The van der Waals surface area contributed by atoms with Crippen molar-refractivity contribution in [3.63, 3.8) is 0 Å². The topological polar surface area (TPSA) is 58.6 Å². The van der Waals surface area contributed by atoms with Crippen molar-refractivity contribution in [1.29, 1.82) is 0 Å². The molecular formula is C17H25NO3. The SMILES string of the molecule is COc1ccc(C)cc1C(C)NC(=O)CC1(O)CCCC1. The number of nitrogens with one attached hydrogen (secondary N) is 1. The van der Waals surface area contributed by atoms with Crippen LogP contribution in [0.5, 0.6) is 5.75 Å². The second-order valence-electron chi connectivity index (χ2n) is 6.14. The fourth-order valence-electron chi connectivity index (χ4n) is 3.07. The van der Waals surface area contributed by atoms with E-state index in [1.54, 1.807) is 7.11 Å². The maximum absolute atomic E-state index is 12.2. The van der Waals surface area contributed by atoms with Gasteiger partial charge in [0, 0.05) is 5.56 Å². The summed E-state index contributed by atoms with van der Waals surface area (Å²) in [6.07, 6.45) is 3.65. The van der Waals surface area contributed by atoms with E-state index in [1.807, 2.05) is 32.0 Å². The van der Waals surface area contributed by atoms with Gasteiger partial charge in [-0.3, -0.25) is 4.79 Å². The largest absolute Gasteiger partial charge is 0.496 e. The van der Waals surface area contributed by atoms with Gasteiger partial charge in [0.2, 0.25) is 5.91 Å². The van der Waals surface area contributed by atoms with Crippen LogP contribution in [-0.2, 0) is 4.79 Å². The minimum Gasteiger partial charge on any atom is -0.496 e. The summed E-state index contributed by atoms with van der Waals surface area (Å²) in [4.78, 5) is 12.2. The van der Waals surface area contributed by atoms with Crippen LogP contribution in [0.2, 0.25) is 0 Å². The zero-order valence-corrected chi connectivity index (χ0v) is 13.1. The summed E-state index contributed by atoms with van der Waals surface area (Å²) in [6, 6.07) is 5.78. The molecule has 0 radical (unpaired) electrons. The summed E-state index contributed by atoms with van der Waals surface area (Å²) in [7, 11) is 1.63. The van der Waals surface area contributed by atoms with Gasteiger partial charge in [0.05, 0.1) is 25.2 Å². The van der Waals surface area contributed by atoms with Crippen molar-refractivity contribution < 1.29 is 14.6 Å². The van der Waals surface area contributed by atoms with Crippen LogP contribution in [-0.4, -0.2) is 23.7 Å². The van der Waals surface area contributed by atoms with Crippen LogP contribution in [0.25, 0.3) is 0 Å². The summed E-state index contributed by atoms with van der Waals surface area (Å²) < 4.78 is 5.36. The van der Waals surface area contributed by atoms with Crippen LogP contribution in [0.4, 0.5) is 0 Å². The monoisotopic (exact) mass is 291 g/mol. The number of carbonyl (C=O) groups is 1. The van der Waals surface area contributed by atoms with Gasteiger partial charge in [0.25, 0.3) is 0 Å². The molecular weight excluding hydrogens is 266 g/mol. The first-order valence-electron chi connectivity index (χ1n) is 7.60. The van der Waals surface area contributed by atoms with Gasteiger partial charge in [0.15, 0.2) is 0 Å². The van der Waals surface area contributed by atoms with Crippen molar-refractivity contribution in [3.8, 4) is 5.75 Å². The normalized spacial score (nSPS) is 18.3. The average Bonchev–Trinajstić information content (AvgIpc) is 2.84. The number of ether oxygens (including phenoxy) is 1. The van der Waals surface area contributed by atoms with Gasteiger partial charge in [0.1, 0.15) is 5.75 Å². The highest BCUT2D eigenvalue weighted by molar-refractivity contribution is 5.77. The zero-order valence-electron chi connectivity index (χ0n) is 13.1. The molecule has 21 heavy (non-hydrogen) atoms. The Labute approximate surface area is 126 Å². The predicted molar refractivity (Wildman–Crippen MR) is 82.3 cm³/mol. The molecule has 1 aromatic rings. The molecule has 1 atom stereocenters. The van der Waals surface area contributed by atoms with Crippen LogP contribution in [0.15, 0.2) is 18.2 Å². The molecule has 0 aliphatic heterocycles. The van der Waals surface area contributed by atoms with Crippen molar-refractivity contribution >= 4 is 5.91 Å². The third-order valence-corrected chi connectivity index (χ3v) is 4.25. The average molecular weight is 291 g/mol. The number of hydrogen-bond donors (Lipinski definition) is 2. The molecule has 4 heteroatoms. The maximum Gasteiger partial charge on any atom is 0.223 e. The molecule has 1 amide bonds. The lowest BCUT2D eigenvalue weighted by molar-refractivity contribution is -0.126. The highest BCUT2D eigenvalue weighted by atomic mass is 16.5. The second-order valence-corrected chi connectivity index (χ2v) is 6.14. The first-order chi connectivity index (χ1) is 9.93. The number of carbonyl (C=O) groups excluding carboxylic acids is 1. The Morgan fingerprint density at radius 1 is 1.43 bits per heavy atom. The molecule has 1 fully saturated rings. The first kappa shape index (κ1) is 15.8. The fraction of sp³-hybridized carbons (Fsp3) is 0.588. The summed E-state index contributed by atoms with van der Waals surface area (Å²) in [6.45, 7) is 3.95. The van der Waals surface area contributed by atoms with Crippen molar-refractivity contribution in [2.24, 2.45) is 0 Å². The van der Waals surface area contributed by atoms with Gasteiger partial charge in [-0.25, -0.2) is 0 Å². The van der Waals surface area contributed by atoms with Crippen LogP contribution < -0.4 is 10.1 Å². The molecule has 1 aliphatic rings. The van der Waals surface area contributed by atoms with Gasteiger partial charge >= 0.3 is 0 Å². The molecule has 2 N–H and O–H groups in total. The molecule has 0 bridgehead atoms. The van der Waals surface area contributed by atoms with Crippen LogP contribution in [0, 0.1) is 6.92 Å². The Morgan fingerprint density at radius 2 is 2.10 bits per heavy atom. The lowest BCUT2D eigenvalue weighted by Gasteiger charge is -2.23. The van der Waals surface area contributed by atoms with Crippen molar-refractivity contribution in [3.05, 3.63) is 29.3 Å². The molecule has 116 valence electrons. The molecule has 2 rings (SSSR count). The van der Waals surface area contributed by atoms with E-state index in [9.17, 15) is 9.90 Å². The molecule has 1 aliphatic carbocycles. The van der Waals surface area contributed by atoms with Crippen LogP contribution in [0.3, 0.4) is 0 Å². The number of benzene rings is 1. The van der Waals surface area contributed by atoms with Crippen LogP contribution >= 0.6 is 0 Å². The smallest absolute Gasteiger partial charge is 0.223 e. The lowest BCUT2D eigenvalue weighted by Crippen LogP contribution is -2.35. The highest BCUT2D eigenvalue weighted by Crippen LogP contribution is 2.33. The number of hydrogen-bond acceptors (Lipinski definition) is 3. The molecule has 1 unspecified atom stereocenters. The zero-order chi connectivity index (χ0) is 15.5. The van der Waals surface area contributed by atoms with E-state index in [4.69, 9.17) is 4.74 Å².